The number of nitrogens with one attached hydrogen (secondary N) is 1. The topological polar surface area (TPSA) is 49.3 Å². The van der Waals surface area contributed by atoms with Crippen LogP contribution in [0.2, 0.25) is 0 Å². The van der Waals surface area contributed by atoms with E-state index in [1.807, 2.05) is 5.32 Å². The molecule has 0 radical (unpaired) electrons. The number of hydrogen-bond acceptors (Lipinski definition) is 3. The van der Waals surface area contributed by atoms with Crippen molar-refractivity contribution < 1.29 is 42.5 Å². The van der Waals surface area contributed by atoms with E-state index in [9.17, 15) is 42.5 Å². The van der Waals surface area contributed by atoms with Gasteiger partial charge in [-0.05, 0) is 43.3 Å². The second kappa shape index (κ2) is 7.02. The van der Waals surface area contributed by atoms with Crippen molar-refractivity contribution in [1.82, 2.24) is 0 Å². The fourth-order valence-electron chi connectivity index (χ4n) is 2.17. The van der Waals surface area contributed by atoms with E-state index in [0.29, 0.717) is 23.9 Å². The molecule has 1 unspecified atom stereocenters. The Labute approximate surface area is 170 Å². The SMILES string of the molecule is CC(O)(CSc1ccccc1C(F)(F)F)C(=O)Nc1ccc(S(F)(F)(F)(F)F)cc1. The lowest BCUT2D eigenvalue weighted by Gasteiger charge is -2.40. The number of hydrogen-bond donors (Lipinski definition) is 2. The quantitative estimate of drug-likeness (QED) is 0.351. The Bertz CT molecular complexity index is 942. The number of alkyl halides is 3. The van der Waals surface area contributed by atoms with E-state index in [1.165, 1.54) is 12.1 Å². The highest BCUT2D eigenvalue weighted by Gasteiger charge is 2.65. The molecule has 0 heterocycles. The zero-order chi connectivity index (χ0) is 23.1. The van der Waals surface area contributed by atoms with Gasteiger partial charge in [0.1, 0.15) is 10.5 Å². The summed E-state index contributed by atoms with van der Waals surface area (Å²) in [5.41, 5.74) is -3.49. The number of halogens is 8. The Balaban J connectivity index is 2.11. The third-order valence-corrected chi connectivity index (χ3v) is 6.28. The van der Waals surface area contributed by atoms with Crippen LogP contribution in [0.25, 0.3) is 0 Å². The highest BCUT2D eigenvalue weighted by molar-refractivity contribution is 8.45. The van der Waals surface area contributed by atoms with Crippen LogP contribution in [-0.4, -0.2) is 22.4 Å². The Hall–Kier alpha value is -1.99. The summed E-state index contributed by atoms with van der Waals surface area (Å²) in [7, 11) is -9.87. The normalized spacial score (nSPS) is 16.9. The Morgan fingerprint density at radius 2 is 1.53 bits per heavy atom. The predicted octanol–water partition coefficient (Wildman–Crippen LogP) is 6.84. The molecule has 168 valence electrons. The molecular weight excluding hydrogens is 466 g/mol. The summed E-state index contributed by atoms with van der Waals surface area (Å²) in [6.45, 7) is 0.995. The van der Waals surface area contributed by atoms with Crippen molar-refractivity contribution in [3.05, 3.63) is 54.1 Å². The van der Waals surface area contributed by atoms with Gasteiger partial charge in [0.05, 0.1) is 5.56 Å². The van der Waals surface area contributed by atoms with Gasteiger partial charge in [0.15, 0.2) is 0 Å². The maximum atomic E-state index is 13.0. The van der Waals surface area contributed by atoms with Crippen molar-refractivity contribution in [3.63, 3.8) is 0 Å². The van der Waals surface area contributed by atoms with Crippen LogP contribution < -0.4 is 5.32 Å². The Morgan fingerprint density at radius 1 is 1.00 bits per heavy atom. The van der Waals surface area contributed by atoms with E-state index >= 15 is 0 Å². The first-order valence-electron chi connectivity index (χ1n) is 7.97. The summed E-state index contributed by atoms with van der Waals surface area (Å²) >= 11 is 0.550. The van der Waals surface area contributed by atoms with E-state index in [1.54, 1.807) is 0 Å². The number of benzene rings is 2. The van der Waals surface area contributed by atoms with Crippen molar-refractivity contribution in [2.45, 2.75) is 28.5 Å². The van der Waals surface area contributed by atoms with Crippen molar-refractivity contribution in [2.75, 3.05) is 11.1 Å². The summed E-state index contributed by atoms with van der Waals surface area (Å²) in [5, 5.41) is 12.3. The van der Waals surface area contributed by atoms with Crippen LogP contribution in [0.15, 0.2) is 58.3 Å². The molecule has 30 heavy (non-hydrogen) atoms. The van der Waals surface area contributed by atoms with Crippen LogP contribution in [0.1, 0.15) is 12.5 Å². The molecule has 1 atom stereocenters. The van der Waals surface area contributed by atoms with Gasteiger partial charge in [-0.25, -0.2) is 0 Å². The molecule has 1 amide bonds. The molecule has 0 aromatic heterocycles. The van der Waals surface area contributed by atoms with Gasteiger partial charge < -0.3 is 10.4 Å². The van der Waals surface area contributed by atoms with Crippen LogP contribution in [0, 0.1) is 0 Å². The lowest BCUT2D eigenvalue weighted by molar-refractivity contribution is -0.139. The predicted molar refractivity (Wildman–Crippen MR) is 99.3 cm³/mol. The van der Waals surface area contributed by atoms with E-state index in [2.05, 4.69) is 0 Å². The first kappa shape index (κ1) is 24.3. The maximum absolute atomic E-state index is 13.0. The minimum absolute atomic E-state index is 0.0835. The van der Waals surface area contributed by atoms with Gasteiger partial charge in [0, 0.05) is 16.3 Å². The van der Waals surface area contributed by atoms with Gasteiger partial charge in [-0.3, -0.25) is 4.79 Å². The molecule has 2 rings (SSSR count). The van der Waals surface area contributed by atoms with E-state index in [-0.39, 0.29) is 22.7 Å². The first-order valence-corrected chi connectivity index (χ1v) is 10.9. The van der Waals surface area contributed by atoms with Gasteiger partial charge in [-0.1, -0.05) is 31.6 Å². The lowest BCUT2D eigenvalue weighted by atomic mass is 10.1. The molecule has 0 aliphatic heterocycles. The smallest absolute Gasteiger partial charge is 0.379 e. The monoisotopic (exact) mass is 481 g/mol. The number of carbonyl (C=O) groups excluding carboxylic acids is 1. The third-order valence-electron chi connectivity index (χ3n) is 3.75. The van der Waals surface area contributed by atoms with Gasteiger partial charge in [-0.15, -0.1) is 11.8 Å². The summed E-state index contributed by atoms with van der Waals surface area (Å²) in [4.78, 5) is 9.79. The molecule has 0 aliphatic carbocycles. The highest BCUT2D eigenvalue weighted by atomic mass is 32.5. The summed E-state index contributed by atoms with van der Waals surface area (Å²) in [6, 6.07) is 5.82. The molecule has 0 bridgehead atoms. The van der Waals surface area contributed by atoms with Gasteiger partial charge >= 0.3 is 16.4 Å². The molecule has 2 aromatic rings. The second-order valence-corrected chi connectivity index (χ2v) is 9.93. The minimum atomic E-state index is -9.87. The van der Waals surface area contributed by atoms with Crippen molar-refractivity contribution in [2.24, 2.45) is 0 Å². The largest absolute Gasteiger partial charge is 0.417 e. The zero-order valence-corrected chi connectivity index (χ0v) is 16.7. The molecular formula is C17H15F8NO2S2. The van der Waals surface area contributed by atoms with Gasteiger partial charge in [0.25, 0.3) is 5.91 Å². The molecule has 0 saturated carbocycles. The summed E-state index contributed by atoms with van der Waals surface area (Å²) < 4.78 is 102. The number of amides is 1. The standard InChI is InChI=1S/C17H15F8NO2S2/c1-16(28,10-29-14-5-3-2-4-13(14)17(18,19)20)15(27)26-11-6-8-12(9-7-11)30(21,22,23,24)25/h2-9,28H,10H2,1H3,(H,26,27). The van der Waals surface area contributed by atoms with Crippen LogP contribution in [0.4, 0.5) is 38.3 Å². The van der Waals surface area contributed by atoms with Crippen molar-refractivity contribution in [1.29, 1.82) is 0 Å². The number of anilines is 1. The molecule has 0 fully saturated rings. The number of thioether (sulfide) groups is 1. The van der Waals surface area contributed by atoms with E-state index in [4.69, 9.17) is 0 Å². The third kappa shape index (κ3) is 6.25. The molecule has 2 aromatic carbocycles. The molecule has 2 N–H and O–H groups in total. The average Bonchev–Trinajstić information content (AvgIpc) is 2.58. The molecule has 0 spiro atoms. The minimum Gasteiger partial charge on any atom is -0.379 e. The number of carbonyl (C=O) groups is 1. The van der Waals surface area contributed by atoms with Gasteiger partial charge in [-0.2, -0.15) is 13.2 Å². The molecule has 0 saturated heterocycles. The molecule has 0 aliphatic rings. The zero-order valence-electron chi connectivity index (χ0n) is 15.0. The van der Waals surface area contributed by atoms with Crippen LogP contribution in [0.3, 0.4) is 0 Å². The Kier molecular flexibility index (Phi) is 5.68. The molecule has 13 heteroatoms. The lowest BCUT2D eigenvalue weighted by Crippen LogP contribution is -2.42. The number of aliphatic hydroxyl groups is 1. The second-order valence-electron chi connectivity index (χ2n) is 6.50. The first-order chi connectivity index (χ1) is 13.3. The average molecular weight is 481 g/mol. The van der Waals surface area contributed by atoms with E-state index in [0.717, 1.165) is 19.1 Å². The maximum Gasteiger partial charge on any atom is 0.417 e. The van der Waals surface area contributed by atoms with Crippen molar-refractivity contribution >= 4 is 33.6 Å². The highest BCUT2D eigenvalue weighted by Crippen LogP contribution is 3.02. The van der Waals surface area contributed by atoms with Crippen molar-refractivity contribution in [3.8, 4) is 0 Å². The molecule has 3 nitrogen and oxygen atoms in total. The number of rotatable bonds is 6. The summed E-state index contributed by atoms with van der Waals surface area (Å²) in [6.07, 6.45) is -4.65. The fourth-order valence-corrected chi connectivity index (χ4v) is 3.90. The van der Waals surface area contributed by atoms with E-state index < -0.39 is 44.1 Å². The Morgan fingerprint density at radius 3 is 2.03 bits per heavy atom. The van der Waals surface area contributed by atoms with Crippen LogP contribution >= 0.6 is 22.0 Å². The fraction of sp³-hybridized carbons (Fsp3) is 0.235. The summed E-state index contributed by atoms with van der Waals surface area (Å²) in [5.74, 6) is -1.66. The van der Waals surface area contributed by atoms with Gasteiger partial charge in [0.2, 0.25) is 0 Å². The van der Waals surface area contributed by atoms with Crippen LogP contribution in [0.5, 0.6) is 0 Å². The van der Waals surface area contributed by atoms with Crippen LogP contribution in [-0.2, 0) is 11.0 Å².